The molecule has 5 heteroatoms. The van der Waals surface area contributed by atoms with Crippen LogP contribution in [0.25, 0.3) is 22.5 Å². The van der Waals surface area contributed by atoms with Gasteiger partial charge in [-0.1, -0.05) is 72.4 Å². The van der Waals surface area contributed by atoms with E-state index in [2.05, 4.69) is 10.3 Å². The molecule has 0 aliphatic carbocycles. The summed E-state index contributed by atoms with van der Waals surface area (Å²) in [6.45, 7) is 1.86. The van der Waals surface area contributed by atoms with Crippen LogP contribution in [0.1, 0.15) is 6.92 Å². The van der Waals surface area contributed by atoms with Gasteiger partial charge in [0.25, 0.3) is 0 Å². The summed E-state index contributed by atoms with van der Waals surface area (Å²) in [5.41, 5.74) is 3.68. The standard InChI is InChI=1S/C20H19N3OS/c1-14(20(24)21-2)25-17-13-22-18(15-9-5-3-6-10-15)19(23-17)16-11-7-4-8-12-16/h3-14H,1-2H3,(H,21,24)/t14-/m0/s1. The van der Waals surface area contributed by atoms with Crippen molar-refractivity contribution < 1.29 is 4.79 Å². The van der Waals surface area contributed by atoms with E-state index >= 15 is 0 Å². The van der Waals surface area contributed by atoms with Crippen molar-refractivity contribution in [1.29, 1.82) is 0 Å². The molecule has 1 atom stereocenters. The molecule has 3 rings (SSSR count). The number of hydrogen-bond donors (Lipinski definition) is 1. The van der Waals surface area contributed by atoms with Crippen LogP contribution in [0.15, 0.2) is 71.9 Å². The molecule has 0 unspecified atom stereocenters. The van der Waals surface area contributed by atoms with E-state index in [4.69, 9.17) is 4.98 Å². The third-order valence-corrected chi connectivity index (χ3v) is 4.76. The van der Waals surface area contributed by atoms with Crippen molar-refractivity contribution in [3.63, 3.8) is 0 Å². The molecule has 126 valence electrons. The van der Waals surface area contributed by atoms with Crippen molar-refractivity contribution in [2.24, 2.45) is 0 Å². The van der Waals surface area contributed by atoms with Gasteiger partial charge in [0, 0.05) is 18.2 Å². The zero-order chi connectivity index (χ0) is 17.6. The van der Waals surface area contributed by atoms with E-state index in [1.54, 1.807) is 13.2 Å². The molecule has 0 aliphatic heterocycles. The lowest BCUT2D eigenvalue weighted by atomic mass is 10.0. The third kappa shape index (κ3) is 4.06. The molecule has 0 saturated heterocycles. The number of nitrogens with one attached hydrogen (secondary N) is 1. The summed E-state index contributed by atoms with van der Waals surface area (Å²) in [6.07, 6.45) is 1.74. The van der Waals surface area contributed by atoms with Crippen LogP contribution in [0.2, 0.25) is 0 Å². The van der Waals surface area contributed by atoms with E-state index in [1.807, 2.05) is 67.6 Å². The molecule has 1 heterocycles. The highest BCUT2D eigenvalue weighted by atomic mass is 32.2. The highest BCUT2D eigenvalue weighted by Gasteiger charge is 2.17. The molecule has 3 aromatic rings. The predicted molar refractivity (Wildman–Crippen MR) is 102 cm³/mol. The smallest absolute Gasteiger partial charge is 0.233 e. The van der Waals surface area contributed by atoms with Crippen LogP contribution < -0.4 is 5.32 Å². The van der Waals surface area contributed by atoms with Gasteiger partial charge in [0.2, 0.25) is 5.91 Å². The summed E-state index contributed by atoms with van der Waals surface area (Å²) in [4.78, 5) is 21.2. The molecule has 1 N–H and O–H groups in total. The molecule has 0 radical (unpaired) electrons. The number of aromatic nitrogens is 2. The van der Waals surface area contributed by atoms with E-state index in [0.717, 1.165) is 27.5 Å². The summed E-state index contributed by atoms with van der Waals surface area (Å²) in [5, 5.41) is 3.16. The first-order chi connectivity index (χ1) is 12.2. The van der Waals surface area contributed by atoms with Gasteiger partial charge in [-0.05, 0) is 6.92 Å². The molecular weight excluding hydrogens is 330 g/mol. The summed E-state index contributed by atoms with van der Waals surface area (Å²) in [5.74, 6) is -0.0276. The number of nitrogens with zero attached hydrogens (tertiary/aromatic N) is 2. The Morgan fingerprint density at radius 3 is 2.08 bits per heavy atom. The first kappa shape index (κ1) is 17.2. The van der Waals surface area contributed by atoms with Crippen molar-refractivity contribution in [3.05, 3.63) is 66.9 Å². The van der Waals surface area contributed by atoms with Gasteiger partial charge in [-0.3, -0.25) is 9.78 Å². The second-order valence-corrected chi connectivity index (χ2v) is 6.87. The van der Waals surface area contributed by atoms with Crippen molar-refractivity contribution in [2.45, 2.75) is 17.2 Å². The number of amides is 1. The Hall–Kier alpha value is -2.66. The van der Waals surface area contributed by atoms with Crippen molar-refractivity contribution in [2.75, 3.05) is 7.05 Å². The number of rotatable bonds is 5. The van der Waals surface area contributed by atoms with Gasteiger partial charge in [-0.2, -0.15) is 0 Å². The fourth-order valence-electron chi connectivity index (χ4n) is 2.47. The minimum Gasteiger partial charge on any atom is -0.358 e. The van der Waals surface area contributed by atoms with Gasteiger partial charge in [0.15, 0.2) is 0 Å². The van der Waals surface area contributed by atoms with Crippen LogP contribution in [0.5, 0.6) is 0 Å². The maximum absolute atomic E-state index is 11.8. The summed E-state index contributed by atoms with van der Waals surface area (Å²) in [7, 11) is 1.64. The molecule has 2 aromatic carbocycles. The number of thioether (sulfide) groups is 1. The minimum atomic E-state index is -0.231. The van der Waals surface area contributed by atoms with Gasteiger partial charge < -0.3 is 5.32 Å². The van der Waals surface area contributed by atoms with Crippen LogP contribution in [0.3, 0.4) is 0 Å². The Kier molecular flexibility index (Phi) is 5.46. The van der Waals surface area contributed by atoms with Crippen LogP contribution >= 0.6 is 11.8 Å². The Morgan fingerprint density at radius 2 is 1.52 bits per heavy atom. The Morgan fingerprint density at radius 1 is 0.960 bits per heavy atom. The van der Waals surface area contributed by atoms with Gasteiger partial charge >= 0.3 is 0 Å². The first-order valence-corrected chi connectivity index (χ1v) is 8.93. The maximum atomic E-state index is 11.8. The molecule has 0 saturated carbocycles. The Balaban J connectivity index is 2.04. The number of hydrogen-bond acceptors (Lipinski definition) is 4. The molecule has 0 fully saturated rings. The van der Waals surface area contributed by atoms with E-state index in [9.17, 15) is 4.79 Å². The van der Waals surface area contributed by atoms with Crippen LogP contribution in [0, 0.1) is 0 Å². The second-order valence-electron chi connectivity index (χ2n) is 5.51. The SMILES string of the molecule is CNC(=O)[C@H](C)Sc1cnc(-c2ccccc2)c(-c2ccccc2)n1. The van der Waals surface area contributed by atoms with Crippen LogP contribution in [-0.2, 0) is 4.79 Å². The van der Waals surface area contributed by atoms with E-state index in [1.165, 1.54) is 11.8 Å². The second kappa shape index (κ2) is 7.94. The lowest BCUT2D eigenvalue weighted by molar-refractivity contribution is -0.119. The molecule has 1 amide bonds. The zero-order valence-corrected chi connectivity index (χ0v) is 15.0. The van der Waals surface area contributed by atoms with E-state index in [-0.39, 0.29) is 11.2 Å². The molecular formula is C20H19N3OS. The Labute approximate surface area is 151 Å². The predicted octanol–water partition coefficient (Wildman–Crippen LogP) is 4.04. The average Bonchev–Trinajstić information content (AvgIpc) is 2.68. The van der Waals surface area contributed by atoms with Crippen molar-refractivity contribution in [1.82, 2.24) is 15.3 Å². The molecule has 25 heavy (non-hydrogen) atoms. The molecule has 1 aromatic heterocycles. The lowest BCUT2D eigenvalue weighted by Gasteiger charge is -2.12. The molecule has 0 bridgehead atoms. The van der Waals surface area contributed by atoms with Crippen LogP contribution in [0.4, 0.5) is 0 Å². The summed E-state index contributed by atoms with van der Waals surface area (Å²) >= 11 is 1.40. The van der Waals surface area contributed by atoms with Gasteiger partial charge in [-0.25, -0.2) is 4.98 Å². The van der Waals surface area contributed by atoms with Gasteiger partial charge in [-0.15, -0.1) is 0 Å². The topological polar surface area (TPSA) is 54.9 Å². The molecule has 0 spiro atoms. The minimum absolute atomic E-state index is 0.0276. The molecule has 0 aliphatic rings. The quantitative estimate of drug-likeness (QED) is 0.707. The lowest BCUT2D eigenvalue weighted by Crippen LogP contribution is -2.27. The van der Waals surface area contributed by atoms with Gasteiger partial charge in [0.1, 0.15) is 5.03 Å². The molecule has 4 nitrogen and oxygen atoms in total. The number of carbonyl (C=O) groups excluding carboxylic acids is 1. The first-order valence-electron chi connectivity index (χ1n) is 8.05. The summed E-state index contributed by atoms with van der Waals surface area (Å²) < 4.78 is 0. The van der Waals surface area contributed by atoms with Crippen LogP contribution in [-0.4, -0.2) is 28.2 Å². The largest absolute Gasteiger partial charge is 0.358 e. The highest BCUT2D eigenvalue weighted by Crippen LogP contribution is 2.31. The highest BCUT2D eigenvalue weighted by molar-refractivity contribution is 8.00. The fraction of sp³-hybridized carbons (Fsp3) is 0.150. The average molecular weight is 349 g/mol. The Bertz CT molecular complexity index is 853. The van der Waals surface area contributed by atoms with E-state index < -0.39 is 0 Å². The zero-order valence-electron chi connectivity index (χ0n) is 14.1. The van der Waals surface area contributed by atoms with Gasteiger partial charge in [0.05, 0.1) is 22.8 Å². The maximum Gasteiger partial charge on any atom is 0.233 e. The summed E-state index contributed by atoms with van der Waals surface area (Å²) in [6, 6.07) is 20.0. The monoisotopic (exact) mass is 349 g/mol. The van der Waals surface area contributed by atoms with Crippen molar-refractivity contribution >= 4 is 17.7 Å². The van der Waals surface area contributed by atoms with E-state index in [0.29, 0.717) is 0 Å². The number of carbonyl (C=O) groups is 1. The fourth-order valence-corrected chi connectivity index (χ4v) is 3.32. The number of benzene rings is 2. The normalized spacial score (nSPS) is 11.8. The third-order valence-electron chi connectivity index (χ3n) is 3.76. The van der Waals surface area contributed by atoms with Crippen molar-refractivity contribution in [3.8, 4) is 22.5 Å².